The van der Waals surface area contributed by atoms with Crippen molar-refractivity contribution < 1.29 is 14.3 Å². The highest BCUT2D eigenvalue weighted by Gasteiger charge is 2.21. The molecule has 2 aromatic rings. The molecule has 4 rings (SSSR count). The first kappa shape index (κ1) is 13.0. The summed E-state index contributed by atoms with van der Waals surface area (Å²) in [5, 5.41) is 6.42. The molecule has 112 valence electrons. The molecule has 1 unspecified atom stereocenters. The van der Waals surface area contributed by atoms with Gasteiger partial charge in [-0.2, -0.15) is 0 Å². The number of amides is 1. The monoisotopic (exact) mass is 296 g/mol. The van der Waals surface area contributed by atoms with Gasteiger partial charge in [-0.05, 0) is 36.2 Å². The zero-order chi connectivity index (χ0) is 14.9. The van der Waals surface area contributed by atoms with E-state index in [-0.39, 0.29) is 18.7 Å². The molecular formula is C17H16N2O3. The Morgan fingerprint density at radius 2 is 2.00 bits per heavy atom. The number of carbonyl (C=O) groups excluding carboxylic acids is 1. The van der Waals surface area contributed by atoms with E-state index in [1.54, 1.807) is 18.2 Å². The molecule has 2 N–H and O–H groups in total. The van der Waals surface area contributed by atoms with Gasteiger partial charge in [-0.15, -0.1) is 0 Å². The summed E-state index contributed by atoms with van der Waals surface area (Å²) in [6.45, 7) is 0.942. The molecule has 5 heteroatoms. The predicted molar refractivity (Wildman–Crippen MR) is 82.5 cm³/mol. The zero-order valence-electron chi connectivity index (χ0n) is 12.0. The molecule has 0 radical (unpaired) electrons. The number of nitrogens with one attached hydrogen (secondary N) is 2. The SMILES string of the molecule is O=C(NC1CNc2ccccc2C1)c1ccc2c(c1)OCO2. The lowest BCUT2D eigenvalue weighted by atomic mass is 9.99. The van der Waals surface area contributed by atoms with Crippen molar-refractivity contribution in [2.75, 3.05) is 18.7 Å². The van der Waals surface area contributed by atoms with E-state index in [2.05, 4.69) is 22.8 Å². The van der Waals surface area contributed by atoms with E-state index in [1.807, 2.05) is 12.1 Å². The van der Waals surface area contributed by atoms with Gasteiger partial charge < -0.3 is 20.1 Å². The molecule has 5 nitrogen and oxygen atoms in total. The van der Waals surface area contributed by atoms with Gasteiger partial charge in [0.15, 0.2) is 11.5 Å². The van der Waals surface area contributed by atoms with Crippen LogP contribution in [0.4, 0.5) is 5.69 Å². The molecule has 2 aliphatic heterocycles. The van der Waals surface area contributed by atoms with Gasteiger partial charge in [0.2, 0.25) is 6.79 Å². The first-order chi connectivity index (χ1) is 10.8. The number of ether oxygens (including phenoxy) is 2. The van der Waals surface area contributed by atoms with Gasteiger partial charge in [-0.3, -0.25) is 4.79 Å². The van der Waals surface area contributed by atoms with Gasteiger partial charge in [-0.25, -0.2) is 0 Å². The molecule has 2 aliphatic rings. The molecular weight excluding hydrogens is 280 g/mol. The Morgan fingerprint density at radius 3 is 2.95 bits per heavy atom. The molecule has 1 atom stereocenters. The maximum absolute atomic E-state index is 12.4. The predicted octanol–water partition coefficient (Wildman–Crippen LogP) is 2.18. The molecule has 0 bridgehead atoms. The summed E-state index contributed by atoms with van der Waals surface area (Å²) in [5.74, 6) is 1.22. The summed E-state index contributed by atoms with van der Waals surface area (Å²) < 4.78 is 10.6. The summed E-state index contributed by atoms with van der Waals surface area (Å²) in [4.78, 5) is 12.4. The first-order valence-corrected chi connectivity index (χ1v) is 7.32. The van der Waals surface area contributed by atoms with Crippen molar-refractivity contribution in [2.45, 2.75) is 12.5 Å². The van der Waals surface area contributed by atoms with Crippen molar-refractivity contribution in [3.8, 4) is 11.5 Å². The molecule has 2 aromatic carbocycles. The second-order valence-electron chi connectivity index (χ2n) is 5.48. The van der Waals surface area contributed by atoms with Crippen LogP contribution in [0.15, 0.2) is 42.5 Å². The van der Waals surface area contributed by atoms with Crippen molar-refractivity contribution in [1.82, 2.24) is 5.32 Å². The van der Waals surface area contributed by atoms with Crippen LogP contribution in [0.2, 0.25) is 0 Å². The third-order valence-electron chi connectivity index (χ3n) is 3.99. The topological polar surface area (TPSA) is 59.6 Å². The van der Waals surface area contributed by atoms with Crippen molar-refractivity contribution in [2.24, 2.45) is 0 Å². The van der Waals surface area contributed by atoms with Gasteiger partial charge in [-0.1, -0.05) is 18.2 Å². The molecule has 0 aliphatic carbocycles. The maximum Gasteiger partial charge on any atom is 0.251 e. The fourth-order valence-corrected chi connectivity index (χ4v) is 2.85. The van der Waals surface area contributed by atoms with Crippen LogP contribution < -0.4 is 20.1 Å². The smallest absolute Gasteiger partial charge is 0.251 e. The van der Waals surface area contributed by atoms with Gasteiger partial charge in [0.05, 0.1) is 6.04 Å². The number of hydrogen-bond donors (Lipinski definition) is 2. The second-order valence-corrected chi connectivity index (χ2v) is 5.48. The van der Waals surface area contributed by atoms with Crippen LogP contribution in [0.3, 0.4) is 0 Å². The van der Waals surface area contributed by atoms with E-state index >= 15 is 0 Å². The van der Waals surface area contributed by atoms with Crippen LogP contribution in [-0.2, 0) is 6.42 Å². The Hall–Kier alpha value is -2.69. The Balaban J connectivity index is 1.47. The minimum Gasteiger partial charge on any atom is -0.454 e. The van der Waals surface area contributed by atoms with E-state index in [1.165, 1.54) is 5.56 Å². The number of hydrogen-bond acceptors (Lipinski definition) is 4. The molecule has 0 fully saturated rings. The molecule has 22 heavy (non-hydrogen) atoms. The van der Waals surface area contributed by atoms with E-state index in [9.17, 15) is 4.79 Å². The average molecular weight is 296 g/mol. The van der Waals surface area contributed by atoms with E-state index in [0.717, 1.165) is 18.7 Å². The second kappa shape index (κ2) is 5.26. The van der Waals surface area contributed by atoms with E-state index < -0.39 is 0 Å². The van der Waals surface area contributed by atoms with Crippen LogP contribution in [0, 0.1) is 0 Å². The third kappa shape index (κ3) is 2.35. The molecule has 0 spiro atoms. The van der Waals surface area contributed by atoms with Crippen molar-refractivity contribution in [1.29, 1.82) is 0 Å². The highest BCUT2D eigenvalue weighted by Crippen LogP contribution is 2.32. The molecule has 1 amide bonds. The normalized spacial score (nSPS) is 18.3. The van der Waals surface area contributed by atoms with Crippen LogP contribution in [0.25, 0.3) is 0 Å². The van der Waals surface area contributed by atoms with Crippen molar-refractivity contribution >= 4 is 11.6 Å². The lowest BCUT2D eigenvalue weighted by Crippen LogP contribution is -2.43. The summed E-state index contributed by atoms with van der Waals surface area (Å²) in [7, 11) is 0. The summed E-state index contributed by atoms with van der Waals surface area (Å²) >= 11 is 0. The Kier molecular flexibility index (Phi) is 3.11. The zero-order valence-corrected chi connectivity index (χ0v) is 12.0. The largest absolute Gasteiger partial charge is 0.454 e. The van der Waals surface area contributed by atoms with Gasteiger partial charge in [0, 0.05) is 17.8 Å². The quantitative estimate of drug-likeness (QED) is 0.892. The highest BCUT2D eigenvalue weighted by atomic mass is 16.7. The molecule has 2 heterocycles. The molecule has 0 aromatic heterocycles. The van der Waals surface area contributed by atoms with Gasteiger partial charge in [0.1, 0.15) is 0 Å². The molecule has 0 saturated carbocycles. The standard InChI is InChI=1S/C17H16N2O3/c20-17(12-5-6-15-16(8-12)22-10-21-15)19-13-7-11-3-1-2-4-14(11)18-9-13/h1-6,8,13,18H,7,9-10H2,(H,19,20). The average Bonchev–Trinajstić information content (AvgIpc) is 3.02. The molecule has 0 saturated heterocycles. The summed E-state index contributed by atoms with van der Waals surface area (Å²) in [5.41, 5.74) is 2.96. The van der Waals surface area contributed by atoms with Crippen molar-refractivity contribution in [3.05, 3.63) is 53.6 Å². The summed E-state index contributed by atoms with van der Waals surface area (Å²) in [6, 6.07) is 13.5. The number of fused-ring (bicyclic) bond motifs is 2. The lowest BCUT2D eigenvalue weighted by molar-refractivity contribution is 0.0938. The lowest BCUT2D eigenvalue weighted by Gasteiger charge is -2.27. The fourth-order valence-electron chi connectivity index (χ4n) is 2.85. The number of para-hydroxylation sites is 1. The van der Waals surface area contributed by atoms with Crippen LogP contribution in [-0.4, -0.2) is 25.3 Å². The Bertz CT molecular complexity index is 730. The minimum atomic E-state index is -0.0931. The van der Waals surface area contributed by atoms with Crippen molar-refractivity contribution in [3.63, 3.8) is 0 Å². The van der Waals surface area contributed by atoms with Gasteiger partial charge in [0.25, 0.3) is 5.91 Å². The maximum atomic E-state index is 12.4. The third-order valence-corrected chi connectivity index (χ3v) is 3.99. The number of rotatable bonds is 2. The van der Waals surface area contributed by atoms with E-state index in [0.29, 0.717) is 17.1 Å². The number of benzene rings is 2. The summed E-state index contributed by atoms with van der Waals surface area (Å²) in [6.07, 6.45) is 0.833. The Morgan fingerprint density at radius 1 is 1.14 bits per heavy atom. The van der Waals surface area contributed by atoms with Crippen LogP contribution in [0.1, 0.15) is 15.9 Å². The van der Waals surface area contributed by atoms with Gasteiger partial charge >= 0.3 is 0 Å². The van der Waals surface area contributed by atoms with Crippen LogP contribution in [0.5, 0.6) is 11.5 Å². The number of carbonyl (C=O) groups is 1. The minimum absolute atomic E-state index is 0.0767. The Labute approximate surface area is 128 Å². The number of anilines is 1. The highest BCUT2D eigenvalue weighted by molar-refractivity contribution is 5.95. The first-order valence-electron chi connectivity index (χ1n) is 7.32. The fraction of sp³-hybridized carbons (Fsp3) is 0.235. The van der Waals surface area contributed by atoms with Crippen LogP contribution >= 0.6 is 0 Å². The van der Waals surface area contributed by atoms with E-state index in [4.69, 9.17) is 9.47 Å².